The van der Waals surface area contributed by atoms with E-state index in [4.69, 9.17) is 14.9 Å². The van der Waals surface area contributed by atoms with Crippen LogP contribution in [-0.2, 0) is 14.3 Å². The van der Waals surface area contributed by atoms with Crippen LogP contribution in [0.4, 0.5) is 5.82 Å². The van der Waals surface area contributed by atoms with Crippen molar-refractivity contribution in [2.75, 3.05) is 11.9 Å². The monoisotopic (exact) mass is 383 g/mol. The molecule has 1 fully saturated rings. The molecule has 0 aliphatic carbocycles. The summed E-state index contributed by atoms with van der Waals surface area (Å²) in [4.78, 5) is 34.0. The zero-order valence-electron chi connectivity index (χ0n) is 13.7. The molecule has 146 valence electrons. The molecule has 0 bridgehead atoms. The van der Waals surface area contributed by atoms with E-state index in [2.05, 4.69) is 20.3 Å². The molecule has 0 aromatic carbocycles. The molecular weight excluding hydrogens is 366 g/mol. The SMILES string of the molecule is O=C(O)CC(Nc1ncnc2c1ncn2C1OC(CO)C(O)C1O)C(=O)O. The van der Waals surface area contributed by atoms with Crippen LogP contribution < -0.4 is 5.32 Å². The Balaban J connectivity index is 1.93. The van der Waals surface area contributed by atoms with Gasteiger partial charge in [0.05, 0.1) is 19.4 Å². The smallest absolute Gasteiger partial charge is 0.326 e. The van der Waals surface area contributed by atoms with E-state index in [0.29, 0.717) is 0 Å². The first-order chi connectivity index (χ1) is 12.8. The zero-order valence-corrected chi connectivity index (χ0v) is 13.7. The summed E-state index contributed by atoms with van der Waals surface area (Å²) in [6.07, 6.45) is -3.08. The van der Waals surface area contributed by atoms with Crippen LogP contribution in [-0.4, -0.2) is 88.0 Å². The molecule has 5 unspecified atom stereocenters. The minimum absolute atomic E-state index is 0.0147. The summed E-state index contributed by atoms with van der Waals surface area (Å²) >= 11 is 0. The Labute approximate surface area is 150 Å². The van der Waals surface area contributed by atoms with E-state index < -0.39 is 55.5 Å². The van der Waals surface area contributed by atoms with E-state index in [1.54, 1.807) is 0 Å². The van der Waals surface area contributed by atoms with Gasteiger partial charge in [-0.05, 0) is 0 Å². The van der Waals surface area contributed by atoms with Crippen LogP contribution in [0.2, 0.25) is 0 Å². The molecule has 3 rings (SSSR count). The summed E-state index contributed by atoms with van der Waals surface area (Å²) in [7, 11) is 0. The Morgan fingerprint density at radius 1 is 1.22 bits per heavy atom. The molecule has 0 radical (unpaired) electrons. The lowest BCUT2D eigenvalue weighted by Gasteiger charge is -2.17. The van der Waals surface area contributed by atoms with E-state index in [9.17, 15) is 24.9 Å². The molecule has 13 nitrogen and oxygen atoms in total. The molecule has 5 atom stereocenters. The van der Waals surface area contributed by atoms with Gasteiger partial charge in [0.15, 0.2) is 23.2 Å². The largest absolute Gasteiger partial charge is 0.481 e. The van der Waals surface area contributed by atoms with Gasteiger partial charge >= 0.3 is 11.9 Å². The van der Waals surface area contributed by atoms with Crippen molar-refractivity contribution in [1.82, 2.24) is 19.5 Å². The highest BCUT2D eigenvalue weighted by atomic mass is 16.6. The van der Waals surface area contributed by atoms with Crippen molar-refractivity contribution in [3.05, 3.63) is 12.7 Å². The van der Waals surface area contributed by atoms with Crippen LogP contribution in [0.25, 0.3) is 11.2 Å². The Kier molecular flexibility index (Phi) is 5.18. The number of hydrogen-bond acceptors (Lipinski definition) is 10. The second kappa shape index (κ2) is 7.40. The summed E-state index contributed by atoms with van der Waals surface area (Å²) in [5.41, 5.74) is 0.272. The van der Waals surface area contributed by atoms with E-state index >= 15 is 0 Å². The number of anilines is 1. The van der Waals surface area contributed by atoms with Gasteiger partial charge in [0.25, 0.3) is 0 Å². The van der Waals surface area contributed by atoms with Crippen molar-refractivity contribution in [1.29, 1.82) is 0 Å². The van der Waals surface area contributed by atoms with Crippen LogP contribution >= 0.6 is 0 Å². The van der Waals surface area contributed by atoms with Gasteiger partial charge < -0.3 is 35.6 Å². The molecule has 0 spiro atoms. The van der Waals surface area contributed by atoms with E-state index in [-0.39, 0.29) is 17.0 Å². The number of ether oxygens (including phenoxy) is 1. The maximum atomic E-state index is 11.2. The van der Waals surface area contributed by atoms with E-state index in [1.165, 1.54) is 10.9 Å². The van der Waals surface area contributed by atoms with Crippen LogP contribution in [0.15, 0.2) is 12.7 Å². The fourth-order valence-electron chi connectivity index (χ4n) is 2.79. The molecule has 27 heavy (non-hydrogen) atoms. The van der Waals surface area contributed by atoms with Crippen LogP contribution in [0, 0.1) is 0 Å². The first-order valence-corrected chi connectivity index (χ1v) is 7.84. The Morgan fingerprint density at radius 2 is 1.96 bits per heavy atom. The summed E-state index contributed by atoms with van der Waals surface area (Å²) in [6, 6.07) is -1.44. The van der Waals surface area contributed by atoms with Crippen molar-refractivity contribution in [2.45, 2.75) is 37.0 Å². The zero-order chi connectivity index (χ0) is 19.7. The highest BCUT2D eigenvalue weighted by Gasteiger charge is 2.44. The lowest BCUT2D eigenvalue weighted by molar-refractivity contribution is -0.144. The summed E-state index contributed by atoms with van der Waals surface area (Å²) in [5.74, 6) is -2.71. The van der Waals surface area contributed by atoms with Gasteiger partial charge in [-0.2, -0.15) is 0 Å². The van der Waals surface area contributed by atoms with Gasteiger partial charge in [0.1, 0.15) is 30.7 Å². The van der Waals surface area contributed by atoms with Crippen molar-refractivity contribution < 1.29 is 39.9 Å². The van der Waals surface area contributed by atoms with E-state index in [0.717, 1.165) is 6.33 Å². The number of fused-ring (bicyclic) bond motifs is 1. The lowest BCUT2D eigenvalue weighted by atomic mass is 10.1. The van der Waals surface area contributed by atoms with Gasteiger partial charge in [-0.15, -0.1) is 0 Å². The maximum Gasteiger partial charge on any atom is 0.326 e. The average Bonchev–Trinajstić information content (AvgIpc) is 3.16. The second-order valence-electron chi connectivity index (χ2n) is 5.91. The number of imidazole rings is 1. The van der Waals surface area contributed by atoms with Crippen molar-refractivity contribution >= 4 is 28.9 Å². The molecule has 13 heteroatoms. The number of hydrogen-bond donors (Lipinski definition) is 6. The maximum absolute atomic E-state index is 11.2. The fourth-order valence-corrected chi connectivity index (χ4v) is 2.79. The number of aromatic nitrogens is 4. The average molecular weight is 383 g/mol. The molecule has 0 amide bonds. The first-order valence-electron chi connectivity index (χ1n) is 7.84. The standard InChI is InChI=1S/C14H17N5O8/c20-2-6-9(23)10(24)13(27-6)19-4-17-8-11(15-3-16-12(8)19)18-5(14(25)26)1-7(21)22/h3-6,9-10,13,20,23-24H,1-2H2,(H,21,22)(H,25,26)(H,15,16,18). The number of aliphatic hydroxyl groups excluding tert-OH is 3. The Hall–Kier alpha value is -2.87. The van der Waals surface area contributed by atoms with Gasteiger partial charge in [-0.3, -0.25) is 9.36 Å². The highest BCUT2D eigenvalue weighted by Crippen LogP contribution is 2.32. The molecular formula is C14H17N5O8. The molecule has 0 saturated carbocycles. The number of nitrogens with one attached hydrogen (secondary N) is 1. The third-order valence-corrected chi connectivity index (χ3v) is 4.14. The quantitative estimate of drug-likeness (QED) is 0.301. The summed E-state index contributed by atoms with van der Waals surface area (Å²) in [6.45, 7) is -0.501. The normalized spacial score (nSPS) is 26.2. The predicted octanol–water partition coefficient (Wildman–Crippen LogP) is -2.22. The predicted molar refractivity (Wildman–Crippen MR) is 85.6 cm³/mol. The van der Waals surface area contributed by atoms with Gasteiger partial charge in [-0.25, -0.2) is 19.7 Å². The fraction of sp³-hybridized carbons (Fsp3) is 0.500. The Bertz CT molecular complexity index is 857. The van der Waals surface area contributed by atoms with Crippen molar-refractivity contribution in [3.8, 4) is 0 Å². The first kappa shape index (κ1) is 18.9. The summed E-state index contributed by atoms with van der Waals surface area (Å²) in [5, 5.41) is 49.7. The van der Waals surface area contributed by atoms with Gasteiger partial charge in [0, 0.05) is 0 Å². The molecule has 2 aromatic rings. The number of nitrogens with zero attached hydrogens (tertiary/aromatic N) is 4. The highest BCUT2D eigenvalue weighted by molar-refractivity contribution is 5.88. The van der Waals surface area contributed by atoms with Crippen LogP contribution in [0.5, 0.6) is 0 Å². The molecule has 2 aromatic heterocycles. The van der Waals surface area contributed by atoms with E-state index in [1.807, 2.05) is 0 Å². The van der Waals surface area contributed by atoms with Gasteiger partial charge in [-0.1, -0.05) is 0 Å². The lowest BCUT2D eigenvalue weighted by Crippen LogP contribution is -2.33. The third kappa shape index (κ3) is 3.52. The van der Waals surface area contributed by atoms with Crippen molar-refractivity contribution in [2.24, 2.45) is 0 Å². The minimum atomic E-state index is -1.44. The minimum Gasteiger partial charge on any atom is -0.481 e. The number of carboxylic acid groups (broad SMARTS) is 2. The number of carbonyl (C=O) groups is 2. The second-order valence-corrected chi connectivity index (χ2v) is 5.91. The molecule has 1 saturated heterocycles. The molecule has 6 N–H and O–H groups in total. The molecule has 3 heterocycles. The number of aliphatic carboxylic acids is 2. The topological polar surface area (TPSA) is 200 Å². The molecule has 1 aliphatic rings. The van der Waals surface area contributed by atoms with Gasteiger partial charge in [0.2, 0.25) is 0 Å². The number of aliphatic hydroxyl groups is 3. The molecule has 1 aliphatic heterocycles. The van der Waals surface area contributed by atoms with Crippen LogP contribution in [0.3, 0.4) is 0 Å². The number of rotatable bonds is 7. The Morgan fingerprint density at radius 3 is 2.56 bits per heavy atom. The third-order valence-electron chi connectivity index (χ3n) is 4.14. The van der Waals surface area contributed by atoms with Crippen LogP contribution in [0.1, 0.15) is 12.6 Å². The number of carboxylic acids is 2. The van der Waals surface area contributed by atoms with Crippen molar-refractivity contribution in [3.63, 3.8) is 0 Å². The summed E-state index contributed by atoms with van der Waals surface area (Å²) < 4.78 is 6.72.